The molecule has 1 aromatic rings. The monoisotopic (exact) mass is 695 g/mol. The minimum Gasteiger partial charge on any atom is -0.467 e. The van der Waals surface area contributed by atoms with Crippen LogP contribution in [0.2, 0.25) is 0 Å². The van der Waals surface area contributed by atoms with Gasteiger partial charge in [-0.15, -0.1) is 0 Å². The molecule has 0 saturated carbocycles. The van der Waals surface area contributed by atoms with Crippen molar-refractivity contribution in [1.82, 2.24) is 25.3 Å². The van der Waals surface area contributed by atoms with Crippen LogP contribution in [-0.2, 0) is 35.1 Å². The summed E-state index contributed by atoms with van der Waals surface area (Å²) in [7, 11) is 3.01. The number of ether oxygens (including phenoxy) is 1. The summed E-state index contributed by atoms with van der Waals surface area (Å²) in [6.45, 7) is 17.0. The number of benzene rings is 1. The third-order valence-electron chi connectivity index (χ3n) is 10.0. The van der Waals surface area contributed by atoms with E-state index in [2.05, 4.69) is 29.4 Å². The minimum atomic E-state index is -0.892. The van der Waals surface area contributed by atoms with Gasteiger partial charge in [-0.1, -0.05) is 77.4 Å². The van der Waals surface area contributed by atoms with Gasteiger partial charge in [-0.05, 0) is 69.9 Å². The molecule has 1 unspecified atom stereocenters. The first-order chi connectivity index (χ1) is 23.5. The van der Waals surface area contributed by atoms with Crippen LogP contribution in [0, 0.1) is 11.3 Å². The number of hydrogen-bond donors (Lipinski definition) is 2. The Labute approximate surface area is 299 Å². The Hall–Kier alpha value is -3.73. The average molecular weight is 696 g/mol. The summed E-state index contributed by atoms with van der Waals surface area (Å²) in [5, 5.41) is 5.95. The van der Waals surface area contributed by atoms with Gasteiger partial charge in [0.2, 0.25) is 23.6 Å². The number of piperidine rings is 1. The van der Waals surface area contributed by atoms with Gasteiger partial charge in [0.25, 0.3) is 0 Å². The van der Waals surface area contributed by atoms with E-state index in [0.29, 0.717) is 25.0 Å². The number of rotatable bonds is 13. The molecule has 2 fully saturated rings. The largest absolute Gasteiger partial charge is 0.467 e. The van der Waals surface area contributed by atoms with E-state index >= 15 is 0 Å². The van der Waals surface area contributed by atoms with E-state index in [0.717, 1.165) is 31.4 Å². The van der Waals surface area contributed by atoms with Crippen molar-refractivity contribution in [3.05, 3.63) is 47.5 Å². The van der Waals surface area contributed by atoms with Gasteiger partial charge in [0, 0.05) is 31.6 Å². The van der Waals surface area contributed by atoms with E-state index in [-0.39, 0.29) is 42.1 Å². The van der Waals surface area contributed by atoms with E-state index < -0.39 is 41.5 Å². The van der Waals surface area contributed by atoms with Crippen molar-refractivity contribution in [3.8, 4) is 0 Å². The number of carbonyl (C=O) groups excluding carboxylic acids is 5. The average Bonchev–Trinajstić information content (AvgIpc) is 3.58. The molecular formula is C39H61N5O6. The zero-order chi connectivity index (χ0) is 37.3. The number of amides is 4. The Morgan fingerprint density at radius 2 is 1.54 bits per heavy atom. The first-order valence-electron chi connectivity index (χ1n) is 18.2. The molecule has 2 aliphatic rings. The summed E-state index contributed by atoms with van der Waals surface area (Å²) < 4.78 is 4.97. The molecule has 1 aromatic carbocycles. The van der Waals surface area contributed by atoms with Crippen LogP contribution in [0.4, 0.5) is 0 Å². The van der Waals surface area contributed by atoms with Crippen molar-refractivity contribution in [3.63, 3.8) is 0 Å². The van der Waals surface area contributed by atoms with Crippen molar-refractivity contribution in [2.45, 2.75) is 130 Å². The molecule has 5 atom stereocenters. The molecular weight excluding hydrogens is 634 g/mol. The van der Waals surface area contributed by atoms with E-state index in [4.69, 9.17) is 4.74 Å². The number of likely N-dealkylation sites (tertiary alicyclic amines) is 2. The van der Waals surface area contributed by atoms with Crippen LogP contribution in [0.3, 0.4) is 0 Å². The third-order valence-corrected chi connectivity index (χ3v) is 10.0. The highest BCUT2D eigenvalue weighted by Gasteiger charge is 2.41. The summed E-state index contributed by atoms with van der Waals surface area (Å²) in [5.74, 6) is -1.64. The topological polar surface area (TPSA) is 128 Å². The summed E-state index contributed by atoms with van der Waals surface area (Å²) in [5.41, 5.74) is 0.732. The molecule has 11 heteroatoms. The predicted molar refractivity (Wildman–Crippen MR) is 195 cm³/mol. The lowest BCUT2D eigenvalue weighted by Gasteiger charge is -2.41. The fraction of sp³-hybridized carbons (Fsp3) is 0.667. The SMILES string of the molecule is COC(=O)[C@H](Cc1ccccc1)NC(=O)[C@@H]1CCCN1C(=O)/C(C)=C/[C@H](C(C)C)N(C)C(=O)[C@@H](NC(=O)C1CCCCN1C(C)C)C(C)(C)C. The van der Waals surface area contributed by atoms with Crippen molar-refractivity contribution >= 4 is 29.6 Å². The molecule has 2 aliphatic heterocycles. The maximum Gasteiger partial charge on any atom is 0.328 e. The second kappa shape index (κ2) is 18.0. The zero-order valence-electron chi connectivity index (χ0n) is 32.0. The van der Waals surface area contributed by atoms with E-state index in [1.54, 1.807) is 29.8 Å². The Balaban J connectivity index is 1.78. The fourth-order valence-corrected chi connectivity index (χ4v) is 7.13. The van der Waals surface area contributed by atoms with Crippen LogP contribution in [0.5, 0.6) is 0 Å². The molecule has 50 heavy (non-hydrogen) atoms. The Kier molecular flexibility index (Phi) is 14.6. The highest BCUT2D eigenvalue weighted by atomic mass is 16.5. The van der Waals surface area contributed by atoms with Gasteiger partial charge < -0.3 is 25.2 Å². The Morgan fingerprint density at radius 3 is 2.12 bits per heavy atom. The molecule has 0 radical (unpaired) electrons. The van der Waals surface area contributed by atoms with E-state index in [1.807, 2.05) is 65.0 Å². The summed E-state index contributed by atoms with van der Waals surface area (Å²) in [6.07, 6.45) is 5.97. The molecule has 4 amide bonds. The lowest BCUT2D eigenvalue weighted by atomic mass is 9.84. The zero-order valence-corrected chi connectivity index (χ0v) is 32.0. The van der Waals surface area contributed by atoms with Crippen molar-refractivity contribution < 1.29 is 28.7 Å². The first-order valence-corrected chi connectivity index (χ1v) is 18.2. The molecule has 3 rings (SSSR count). The number of nitrogens with one attached hydrogen (secondary N) is 2. The number of methoxy groups -OCH3 is 1. The molecule has 11 nitrogen and oxygen atoms in total. The standard InChI is InChI=1S/C39H61N5O6/c1-25(2)32(42(9)37(48)33(39(6,7)8)41-35(46)30-19-14-15-21-43(30)26(3)4)23-27(5)36(47)44-22-16-20-31(44)34(45)40-29(38(49)50-10)24-28-17-12-11-13-18-28/h11-13,17-18,23,25-26,29-33H,14-16,19-22,24H2,1-10H3,(H,40,45)(H,41,46)/b27-23+/t29-,30?,31-,32+,33+/m0/s1. The molecule has 0 aromatic heterocycles. The van der Waals surface area contributed by atoms with Gasteiger partial charge in [-0.3, -0.25) is 24.1 Å². The maximum atomic E-state index is 14.2. The van der Waals surface area contributed by atoms with E-state index in [1.165, 1.54) is 7.11 Å². The van der Waals surface area contributed by atoms with Crippen molar-refractivity contribution in [1.29, 1.82) is 0 Å². The van der Waals surface area contributed by atoms with Crippen molar-refractivity contribution in [2.75, 3.05) is 27.2 Å². The highest BCUT2D eigenvalue weighted by Crippen LogP contribution is 2.27. The number of esters is 1. The molecule has 0 aliphatic carbocycles. The summed E-state index contributed by atoms with van der Waals surface area (Å²) >= 11 is 0. The van der Waals surface area contributed by atoms with Crippen molar-refractivity contribution in [2.24, 2.45) is 11.3 Å². The predicted octanol–water partition coefficient (Wildman–Crippen LogP) is 4.10. The summed E-state index contributed by atoms with van der Waals surface area (Å²) in [6, 6.07) is 6.46. The van der Waals surface area contributed by atoms with Crippen LogP contribution in [0.15, 0.2) is 42.0 Å². The molecule has 278 valence electrons. The van der Waals surface area contributed by atoms with Gasteiger partial charge in [-0.2, -0.15) is 0 Å². The third kappa shape index (κ3) is 10.4. The maximum absolute atomic E-state index is 14.2. The van der Waals surface area contributed by atoms with Gasteiger partial charge in [0.05, 0.1) is 19.2 Å². The van der Waals surface area contributed by atoms with E-state index in [9.17, 15) is 24.0 Å². The molecule has 0 bridgehead atoms. The highest BCUT2D eigenvalue weighted by molar-refractivity contribution is 5.98. The fourth-order valence-electron chi connectivity index (χ4n) is 7.13. The second-order valence-corrected chi connectivity index (χ2v) is 15.6. The molecule has 2 N–H and O–H groups in total. The number of likely N-dealkylation sites (N-methyl/N-ethyl adjacent to an activating group) is 1. The number of carbonyl (C=O) groups is 5. The van der Waals surface area contributed by atoms with Crippen LogP contribution in [-0.4, -0.2) is 108 Å². The normalized spacial score (nSPS) is 20.6. The minimum absolute atomic E-state index is 0.0470. The van der Waals surface area contributed by atoms with Crippen LogP contribution in [0.25, 0.3) is 0 Å². The second-order valence-electron chi connectivity index (χ2n) is 15.6. The van der Waals surface area contributed by atoms with Crippen LogP contribution in [0.1, 0.15) is 93.1 Å². The van der Waals surface area contributed by atoms with Gasteiger partial charge in [-0.25, -0.2) is 4.79 Å². The smallest absolute Gasteiger partial charge is 0.328 e. The van der Waals surface area contributed by atoms with Gasteiger partial charge in [0.15, 0.2) is 0 Å². The Morgan fingerprint density at radius 1 is 0.920 bits per heavy atom. The quantitative estimate of drug-likeness (QED) is 0.235. The molecule has 0 spiro atoms. The lowest BCUT2D eigenvalue weighted by Crippen LogP contribution is -2.60. The Bertz CT molecular complexity index is 1370. The van der Waals surface area contributed by atoms with Gasteiger partial charge in [0.1, 0.15) is 18.1 Å². The summed E-state index contributed by atoms with van der Waals surface area (Å²) in [4.78, 5) is 73.3. The molecule has 2 heterocycles. The molecule has 2 saturated heterocycles. The van der Waals surface area contributed by atoms with Crippen LogP contribution < -0.4 is 10.6 Å². The van der Waals surface area contributed by atoms with Gasteiger partial charge >= 0.3 is 5.97 Å². The lowest BCUT2D eigenvalue weighted by molar-refractivity contribution is -0.146. The van der Waals surface area contributed by atoms with Crippen LogP contribution >= 0.6 is 0 Å². The first kappa shape index (κ1) is 40.7. The number of hydrogen-bond acceptors (Lipinski definition) is 7. The number of nitrogens with zero attached hydrogens (tertiary/aromatic N) is 3.